The summed E-state index contributed by atoms with van der Waals surface area (Å²) in [5.74, 6) is -0.697. The van der Waals surface area contributed by atoms with Crippen molar-refractivity contribution < 1.29 is 17.6 Å². The van der Waals surface area contributed by atoms with E-state index in [1.54, 1.807) is 12.1 Å². The van der Waals surface area contributed by atoms with Gasteiger partial charge in [0.25, 0.3) is 0 Å². The minimum Gasteiger partial charge on any atom is -0.301 e. The Morgan fingerprint density at radius 1 is 1.06 bits per heavy atom. The Morgan fingerprint density at radius 2 is 1.72 bits per heavy atom. The van der Waals surface area contributed by atoms with Crippen molar-refractivity contribution in [1.29, 1.82) is 0 Å². The number of nitrogens with one attached hydrogen (secondary N) is 1. The zero-order valence-corrected chi connectivity index (χ0v) is 19.3. The summed E-state index contributed by atoms with van der Waals surface area (Å²) in [6.45, 7) is 1.49. The summed E-state index contributed by atoms with van der Waals surface area (Å²) < 4.78 is 39.8. The summed E-state index contributed by atoms with van der Waals surface area (Å²) in [6.07, 6.45) is 0. The van der Waals surface area contributed by atoms with Crippen molar-refractivity contribution >= 4 is 44.0 Å². The Hall–Kier alpha value is -2.37. The van der Waals surface area contributed by atoms with E-state index in [0.717, 1.165) is 23.4 Å². The molecule has 0 spiro atoms. The molecule has 0 bridgehead atoms. The maximum absolute atomic E-state index is 13.1. The number of piperazine rings is 1. The van der Waals surface area contributed by atoms with Gasteiger partial charge in [-0.15, -0.1) is 11.3 Å². The molecular formula is C21H20ClFN4O3S2. The van der Waals surface area contributed by atoms with Gasteiger partial charge < -0.3 is 5.32 Å². The van der Waals surface area contributed by atoms with Gasteiger partial charge in [0.15, 0.2) is 5.13 Å². The summed E-state index contributed by atoms with van der Waals surface area (Å²) >= 11 is 7.24. The molecule has 1 amide bonds. The number of carbonyl (C=O) groups is 1. The lowest BCUT2D eigenvalue weighted by atomic mass is 10.2. The van der Waals surface area contributed by atoms with Gasteiger partial charge in [-0.2, -0.15) is 4.31 Å². The summed E-state index contributed by atoms with van der Waals surface area (Å²) in [5, 5.41) is 5.80. The van der Waals surface area contributed by atoms with E-state index in [-0.39, 0.29) is 30.4 Å². The number of sulfonamides is 1. The quantitative estimate of drug-likeness (QED) is 0.566. The van der Waals surface area contributed by atoms with E-state index in [4.69, 9.17) is 11.6 Å². The van der Waals surface area contributed by atoms with E-state index in [1.807, 2.05) is 22.4 Å². The van der Waals surface area contributed by atoms with E-state index >= 15 is 0 Å². The lowest BCUT2D eigenvalue weighted by molar-refractivity contribution is -0.117. The smallest absolute Gasteiger partial charge is 0.243 e. The number of hydrogen-bond acceptors (Lipinski definition) is 6. The van der Waals surface area contributed by atoms with Crippen LogP contribution < -0.4 is 5.32 Å². The van der Waals surface area contributed by atoms with Gasteiger partial charge >= 0.3 is 0 Å². The molecule has 1 aliphatic rings. The average molecular weight is 495 g/mol. The fourth-order valence-corrected chi connectivity index (χ4v) is 5.61. The number of carbonyl (C=O) groups excluding carboxylic acids is 1. The van der Waals surface area contributed by atoms with Crippen molar-refractivity contribution in [2.75, 3.05) is 38.0 Å². The molecule has 1 aliphatic heterocycles. The molecule has 1 saturated heterocycles. The number of halogens is 2. The number of benzene rings is 2. The van der Waals surface area contributed by atoms with Crippen LogP contribution in [0, 0.1) is 5.82 Å². The third kappa shape index (κ3) is 5.33. The van der Waals surface area contributed by atoms with Gasteiger partial charge in [0.05, 0.1) is 17.1 Å². The molecule has 0 atom stereocenters. The van der Waals surface area contributed by atoms with Crippen molar-refractivity contribution in [2.24, 2.45) is 0 Å². The van der Waals surface area contributed by atoms with Crippen molar-refractivity contribution in [1.82, 2.24) is 14.2 Å². The number of nitrogens with zero attached hydrogens (tertiary/aromatic N) is 3. The van der Waals surface area contributed by atoms with Gasteiger partial charge in [-0.05, 0) is 36.4 Å². The highest BCUT2D eigenvalue weighted by molar-refractivity contribution is 7.89. The second kappa shape index (κ2) is 9.63. The highest BCUT2D eigenvalue weighted by Gasteiger charge is 2.29. The fraction of sp³-hybridized carbons (Fsp3) is 0.238. The van der Waals surface area contributed by atoms with E-state index in [0.29, 0.717) is 23.2 Å². The van der Waals surface area contributed by atoms with Crippen molar-refractivity contribution in [3.8, 4) is 11.3 Å². The van der Waals surface area contributed by atoms with E-state index in [2.05, 4.69) is 10.3 Å². The number of anilines is 1. The largest absolute Gasteiger partial charge is 0.301 e. The Labute approximate surface area is 194 Å². The van der Waals surface area contributed by atoms with Crippen LogP contribution in [0.1, 0.15) is 0 Å². The van der Waals surface area contributed by atoms with Gasteiger partial charge in [0.1, 0.15) is 5.82 Å². The second-order valence-corrected chi connectivity index (χ2v) is 10.5. The number of aromatic nitrogens is 1. The molecule has 0 saturated carbocycles. The Morgan fingerprint density at radius 3 is 2.38 bits per heavy atom. The van der Waals surface area contributed by atoms with Crippen LogP contribution in [-0.4, -0.2) is 61.2 Å². The molecule has 0 unspecified atom stereocenters. The molecule has 0 radical (unpaired) electrons. The van der Waals surface area contributed by atoms with Gasteiger partial charge in [-0.25, -0.2) is 17.8 Å². The van der Waals surface area contributed by atoms with Crippen LogP contribution in [0.25, 0.3) is 11.3 Å². The van der Waals surface area contributed by atoms with Gasteiger partial charge in [0, 0.05) is 42.1 Å². The highest BCUT2D eigenvalue weighted by atomic mass is 35.5. The van der Waals surface area contributed by atoms with Gasteiger partial charge in [-0.1, -0.05) is 23.7 Å². The van der Waals surface area contributed by atoms with Crippen LogP contribution in [0.3, 0.4) is 0 Å². The normalized spacial score (nSPS) is 15.6. The summed E-state index contributed by atoms with van der Waals surface area (Å²) in [6, 6.07) is 12.1. The molecule has 1 aromatic heterocycles. The van der Waals surface area contributed by atoms with Gasteiger partial charge in [0.2, 0.25) is 15.9 Å². The Bertz CT molecular complexity index is 1190. The molecule has 7 nitrogen and oxygen atoms in total. The first kappa shape index (κ1) is 22.8. The monoisotopic (exact) mass is 494 g/mol. The second-order valence-electron chi connectivity index (χ2n) is 7.23. The summed E-state index contributed by atoms with van der Waals surface area (Å²) in [5.41, 5.74) is 1.66. The molecule has 1 N–H and O–H groups in total. The predicted octanol–water partition coefficient (Wildman–Crippen LogP) is 3.55. The van der Waals surface area contributed by atoms with Crippen molar-refractivity contribution in [2.45, 2.75) is 4.90 Å². The Kier molecular flexibility index (Phi) is 6.87. The van der Waals surface area contributed by atoms with Crippen molar-refractivity contribution in [3.63, 3.8) is 0 Å². The first-order valence-corrected chi connectivity index (χ1v) is 12.5. The molecule has 11 heteroatoms. The van der Waals surface area contributed by atoms with Crippen LogP contribution in [0.5, 0.6) is 0 Å². The first-order valence-electron chi connectivity index (χ1n) is 9.81. The average Bonchev–Trinajstić information content (AvgIpc) is 3.23. The zero-order valence-electron chi connectivity index (χ0n) is 16.9. The topological polar surface area (TPSA) is 82.6 Å². The van der Waals surface area contributed by atoms with Gasteiger partial charge in [-0.3, -0.25) is 9.69 Å². The van der Waals surface area contributed by atoms with Crippen LogP contribution >= 0.6 is 22.9 Å². The third-order valence-electron chi connectivity index (χ3n) is 5.04. The maximum atomic E-state index is 13.1. The molecule has 2 heterocycles. The lowest BCUT2D eigenvalue weighted by Gasteiger charge is -2.33. The number of amides is 1. The fourth-order valence-electron chi connectivity index (χ4n) is 3.33. The number of hydrogen-bond donors (Lipinski definition) is 1. The molecule has 168 valence electrons. The predicted molar refractivity (Wildman–Crippen MR) is 123 cm³/mol. The number of thiazole rings is 1. The summed E-state index contributed by atoms with van der Waals surface area (Å²) in [7, 11) is -3.68. The summed E-state index contributed by atoms with van der Waals surface area (Å²) in [4.78, 5) is 18.8. The zero-order chi connectivity index (χ0) is 22.7. The number of rotatable bonds is 6. The molecule has 4 rings (SSSR count). The molecule has 32 heavy (non-hydrogen) atoms. The van der Waals surface area contributed by atoms with E-state index in [1.165, 1.54) is 27.8 Å². The third-order valence-corrected chi connectivity index (χ3v) is 7.96. The Balaban J connectivity index is 1.29. The molecular weight excluding hydrogens is 475 g/mol. The van der Waals surface area contributed by atoms with Crippen LogP contribution in [0.2, 0.25) is 5.02 Å². The van der Waals surface area contributed by atoms with Crippen molar-refractivity contribution in [3.05, 3.63) is 64.8 Å². The SMILES string of the molecule is O=C(CN1CCN(S(=O)(=O)c2ccc(F)cc2)CC1)Nc1nc(-c2ccc(Cl)cc2)cs1. The molecule has 1 fully saturated rings. The van der Waals surface area contributed by atoms with Crippen LogP contribution in [-0.2, 0) is 14.8 Å². The molecule has 3 aromatic rings. The lowest BCUT2D eigenvalue weighted by Crippen LogP contribution is -2.50. The van der Waals surface area contributed by atoms with E-state index in [9.17, 15) is 17.6 Å². The molecule has 2 aromatic carbocycles. The maximum Gasteiger partial charge on any atom is 0.243 e. The van der Waals surface area contributed by atoms with Crippen LogP contribution in [0.4, 0.5) is 9.52 Å². The highest BCUT2D eigenvalue weighted by Crippen LogP contribution is 2.26. The first-order chi connectivity index (χ1) is 15.3. The molecule has 0 aliphatic carbocycles. The van der Waals surface area contributed by atoms with Crippen LogP contribution in [0.15, 0.2) is 58.8 Å². The van der Waals surface area contributed by atoms with E-state index < -0.39 is 15.8 Å². The minimum absolute atomic E-state index is 0.0605. The standard InChI is InChI=1S/C21H20ClFN4O3S2/c22-16-3-1-15(2-4-16)19-14-31-21(24-19)25-20(28)13-26-9-11-27(12-10-26)32(29,30)18-7-5-17(23)6-8-18/h1-8,14H,9-13H2,(H,24,25,28). The minimum atomic E-state index is -3.68.